The summed E-state index contributed by atoms with van der Waals surface area (Å²) in [6, 6.07) is 7.12. The predicted octanol–water partition coefficient (Wildman–Crippen LogP) is 2.03. The molecule has 0 fully saturated rings. The number of methoxy groups -OCH3 is 1. The molecule has 114 valence electrons. The van der Waals surface area contributed by atoms with E-state index < -0.39 is 6.04 Å². The van der Waals surface area contributed by atoms with Gasteiger partial charge in [-0.1, -0.05) is 25.1 Å². The number of para-hydroxylation sites is 1. The van der Waals surface area contributed by atoms with Crippen molar-refractivity contribution in [2.75, 3.05) is 19.0 Å². The summed E-state index contributed by atoms with van der Waals surface area (Å²) in [4.78, 5) is 26.3. The maximum atomic E-state index is 12.5. The summed E-state index contributed by atoms with van der Waals surface area (Å²) in [5.74, 6) is -0.0251. The maximum Gasteiger partial charge on any atom is 0.246 e. The number of carbonyl (C=O) groups is 2. The minimum absolute atomic E-state index is 0.0149. The van der Waals surface area contributed by atoms with Gasteiger partial charge in [0.15, 0.2) is 0 Å². The molecule has 5 heteroatoms. The van der Waals surface area contributed by atoms with Gasteiger partial charge in [-0.05, 0) is 24.5 Å². The summed E-state index contributed by atoms with van der Waals surface area (Å²) < 4.78 is 5.07. The van der Waals surface area contributed by atoms with Crippen molar-refractivity contribution in [3.8, 4) is 0 Å². The fourth-order valence-electron chi connectivity index (χ4n) is 2.54. The van der Waals surface area contributed by atoms with Crippen LogP contribution in [-0.4, -0.2) is 36.5 Å². The van der Waals surface area contributed by atoms with E-state index in [1.165, 1.54) is 0 Å². The Morgan fingerprint density at radius 2 is 2.19 bits per heavy atom. The fraction of sp³-hybridized carbons (Fsp3) is 0.500. The monoisotopic (exact) mass is 290 g/mol. The zero-order chi connectivity index (χ0) is 15.4. The largest absolute Gasteiger partial charge is 0.384 e. The minimum atomic E-state index is -0.473. The Balaban J connectivity index is 2.18. The first kappa shape index (κ1) is 15.5. The van der Waals surface area contributed by atoms with Gasteiger partial charge < -0.3 is 15.0 Å². The minimum Gasteiger partial charge on any atom is -0.384 e. The molecule has 0 radical (unpaired) electrons. The number of anilines is 1. The number of carbonyl (C=O) groups excluding carboxylic acids is 2. The molecule has 1 N–H and O–H groups in total. The standard InChI is InChI=1S/C16H22N2O3/c1-11(10-21-3)8-15(19)18-9-13-6-4-5-7-14(13)17-16(20)12(18)2/h4-7,11-12H,8-10H2,1-3H3,(H,17,20). The Morgan fingerprint density at radius 3 is 2.90 bits per heavy atom. The van der Waals surface area contributed by atoms with E-state index in [4.69, 9.17) is 4.74 Å². The number of hydrogen-bond donors (Lipinski definition) is 1. The van der Waals surface area contributed by atoms with Gasteiger partial charge in [0.2, 0.25) is 11.8 Å². The lowest BCUT2D eigenvalue weighted by Gasteiger charge is -2.27. The van der Waals surface area contributed by atoms with Crippen molar-refractivity contribution in [2.24, 2.45) is 5.92 Å². The molecule has 0 aromatic heterocycles. The van der Waals surface area contributed by atoms with E-state index in [0.29, 0.717) is 19.6 Å². The van der Waals surface area contributed by atoms with Crippen LogP contribution in [0.15, 0.2) is 24.3 Å². The first-order valence-corrected chi connectivity index (χ1v) is 7.20. The van der Waals surface area contributed by atoms with Gasteiger partial charge in [-0.2, -0.15) is 0 Å². The molecular weight excluding hydrogens is 268 g/mol. The molecule has 0 aliphatic carbocycles. The van der Waals surface area contributed by atoms with Gasteiger partial charge in [0.1, 0.15) is 6.04 Å². The molecule has 1 aromatic carbocycles. The Kier molecular flexibility index (Phi) is 4.96. The first-order valence-electron chi connectivity index (χ1n) is 7.20. The van der Waals surface area contributed by atoms with Crippen molar-refractivity contribution in [2.45, 2.75) is 32.9 Å². The van der Waals surface area contributed by atoms with E-state index in [1.807, 2.05) is 31.2 Å². The molecule has 2 rings (SSSR count). The Bertz CT molecular complexity index is 530. The van der Waals surface area contributed by atoms with E-state index in [0.717, 1.165) is 11.3 Å². The molecule has 0 saturated heterocycles. The van der Waals surface area contributed by atoms with Gasteiger partial charge in [-0.25, -0.2) is 0 Å². The lowest BCUT2D eigenvalue weighted by atomic mass is 10.1. The van der Waals surface area contributed by atoms with Crippen LogP contribution in [0.4, 0.5) is 5.69 Å². The summed E-state index contributed by atoms with van der Waals surface area (Å²) in [6.07, 6.45) is 0.383. The van der Waals surface area contributed by atoms with Crippen LogP contribution in [0.5, 0.6) is 0 Å². The topological polar surface area (TPSA) is 58.6 Å². The quantitative estimate of drug-likeness (QED) is 0.923. The molecule has 0 spiro atoms. The van der Waals surface area contributed by atoms with E-state index in [1.54, 1.807) is 18.9 Å². The number of benzene rings is 1. The summed E-state index contributed by atoms with van der Waals surface area (Å²) in [6.45, 7) is 4.73. The van der Waals surface area contributed by atoms with E-state index in [-0.39, 0.29) is 17.7 Å². The second-order valence-electron chi connectivity index (χ2n) is 5.61. The molecule has 0 saturated carbocycles. The summed E-state index contributed by atoms with van der Waals surface area (Å²) >= 11 is 0. The molecule has 2 unspecified atom stereocenters. The third-order valence-electron chi connectivity index (χ3n) is 3.76. The average molecular weight is 290 g/mol. The van der Waals surface area contributed by atoms with Crippen LogP contribution in [0.2, 0.25) is 0 Å². The van der Waals surface area contributed by atoms with E-state index >= 15 is 0 Å². The van der Waals surface area contributed by atoms with Crippen LogP contribution < -0.4 is 5.32 Å². The molecule has 1 aliphatic rings. The van der Waals surface area contributed by atoms with E-state index in [2.05, 4.69) is 5.32 Å². The third kappa shape index (κ3) is 3.61. The van der Waals surface area contributed by atoms with Gasteiger partial charge in [0.25, 0.3) is 0 Å². The van der Waals surface area contributed by atoms with Gasteiger partial charge in [-0.3, -0.25) is 9.59 Å². The third-order valence-corrected chi connectivity index (χ3v) is 3.76. The summed E-state index contributed by atoms with van der Waals surface area (Å²) in [5.41, 5.74) is 1.75. The molecule has 5 nitrogen and oxygen atoms in total. The number of nitrogens with one attached hydrogen (secondary N) is 1. The summed E-state index contributed by atoms with van der Waals surface area (Å²) in [5, 5.41) is 2.88. The lowest BCUT2D eigenvalue weighted by Crippen LogP contribution is -2.43. The number of ether oxygens (including phenoxy) is 1. The fourth-order valence-corrected chi connectivity index (χ4v) is 2.54. The van der Waals surface area contributed by atoms with Crippen molar-refractivity contribution in [3.05, 3.63) is 29.8 Å². The maximum absolute atomic E-state index is 12.5. The zero-order valence-corrected chi connectivity index (χ0v) is 12.8. The average Bonchev–Trinajstić information content (AvgIpc) is 2.57. The van der Waals surface area contributed by atoms with Crippen molar-refractivity contribution >= 4 is 17.5 Å². The van der Waals surface area contributed by atoms with E-state index in [9.17, 15) is 9.59 Å². The predicted molar refractivity (Wildman–Crippen MR) is 80.7 cm³/mol. The van der Waals surface area contributed by atoms with Crippen LogP contribution >= 0.6 is 0 Å². The molecule has 21 heavy (non-hydrogen) atoms. The van der Waals surface area contributed by atoms with Crippen LogP contribution in [0.25, 0.3) is 0 Å². The van der Waals surface area contributed by atoms with Gasteiger partial charge in [0, 0.05) is 32.4 Å². The number of fused-ring (bicyclic) bond motifs is 1. The smallest absolute Gasteiger partial charge is 0.246 e. The van der Waals surface area contributed by atoms with Gasteiger partial charge >= 0.3 is 0 Å². The Morgan fingerprint density at radius 1 is 1.48 bits per heavy atom. The molecule has 2 atom stereocenters. The van der Waals surface area contributed by atoms with Crippen molar-refractivity contribution in [1.29, 1.82) is 0 Å². The van der Waals surface area contributed by atoms with Crippen LogP contribution in [0.1, 0.15) is 25.8 Å². The molecule has 0 bridgehead atoms. The van der Waals surface area contributed by atoms with Crippen LogP contribution in [-0.2, 0) is 20.9 Å². The SMILES string of the molecule is COCC(C)CC(=O)N1Cc2ccccc2NC(=O)C1C. The number of rotatable bonds is 4. The Labute approximate surface area is 125 Å². The van der Waals surface area contributed by atoms with Gasteiger partial charge in [-0.15, -0.1) is 0 Å². The van der Waals surface area contributed by atoms with Crippen molar-refractivity contribution < 1.29 is 14.3 Å². The highest BCUT2D eigenvalue weighted by molar-refractivity contribution is 5.98. The van der Waals surface area contributed by atoms with Crippen LogP contribution in [0.3, 0.4) is 0 Å². The second-order valence-corrected chi connectivity index (χ2v) is 5.61. The Hall–Kier alpha value is -1.88. The lowest BCUT2D eigenvalue weighted by molar-refractivity contribution is -0.139. The highest BCUT2D eigenvalue weighted by atomic mass is 16.5. The second kappa shape index (κ2) is 6.72. The normalized spacial score (nSPS) is 19.5. The van der Waals surface area contributed by atoms with Crippen molar-refractivity contribution in [1.82, 2.24) is 4.90 Å². The first-order chi connectivity index (χ1) is 10.0. The molecule has 1 heterocycles. The van der Waals surface area contributed by atoms with Crippen molar-refractivity contribution in [3.63, 3.8) is 0 Å². The number of hydrogen-bond acceptors (Lipinski definition) is 3. The number of amides is 2. The summed E-state index contributed by atoms with van der Waals surface area (Å²) in [7, 11) is 1.62. The zero-order valence-electron chi connectivity index (χ0n) is 12.8. The number of nitrogens with zero attached hydrogens (tertiary/aromatic N) is 1. The van der Waals surface area contributed by atoms with Crippen LogP contribution in [0, 0.1) is 5.92 Å². The van der Waals surface area contributed by atoms with Gasteiger partial charge in [0.05, 0.1) is 0 Å². The highest BCUT2D eigenvalue weighted by Gasteiger charge is 2.30. The molecule has 1 aliphatic heterocycles. The molecule has 1 aromatic rings. The highest BCUT2D eigenvalue weighted by Crippen LogP contribution is 2.24. The molecule has 2 amide bonds. The molecular formula is C16H22N2O3.